The first-order valence-electron chi connectivity index (χ1n) is 6.10. The van der Waals surface area contributed by atoms with Crippen molar-refractivity contribution in [3.8, 4) is 0 Å². The number of halogens is 1. The van der Waals surface area contributed by atoms with E-state index in [-0.39, 0.29) is 11.7 Å². The van der Waals surface area contributed by atoms with Crippen LogP contribution in [0.2, 0.25) is 5.02 Å². The molecule has 0 aliphatic carbocycles. The molecule has 0 bridgehead atoms. The minimum Gasteiger partial charge on any atom is -0.465 e. The molecule has 1 aromatic carbocycles. The average molecular weight is 299 g/mol. The molecule has 0 aliphatic heterocycles. The molecule has 6 heteroatoms. The molecule has 0 N–H and O–H groups in total. The molecule has 0 unspecified atom stereocenters. The summed E-state index contributed by atoms with van der Waals surface area (Å²) in [5.41, 5.74) is 1.87. The van der Waals surface area contributed by atoms with Crippen LogP contribution < -0.4 is 0 Å². The molecule has 2 rings (SSSR count). The summed E-state index contributed by atoms with van der Waals surface area (Å²) in [4.78, 5) is 15.9. The van der Waals surface area contributed by atoms with Gasteiger partial charge in [-0.15, -0.1) is 0 Å². The third-order valence-corrected chi connectivity index (χ3v) is 3.80. The molecule has 2 aromatic rings. The van der Waals surface area contributed by atoms with Crippen LogP contribution in [0.1, 0.15) is 13.8 Å². The number of rotatable bonds is 5. The first-order chi connectivity index (χ1) is 9.15. The predicted molar refractivity (Wildman–Crippen MR) is 77.8 cm³/mol. The normalized spacial score (nSPS) is 10.9. The van der Waals surface area contributed by atoms with Crippen LogP contribution in [0.4, 0.5) is 0 Å². The number of aromatic nitrogens is 2. The van der Waals surface area contributed by atoms with Crippen molar-refractivity contribution in [3.63, 3.8) is 0 Å². The van der Waals surface area contributed by atoms with Crippen LogP contribution in [-0.4, -0.2) is 27.9 Å². The van der Waals surface area contributed by atoms with Crippen LogP contribution in [0.5, 0.6) is 0 Å². The molecule has 0 atom stereocenters. The van der Waals surface area contributed by atoms with Crippen LogP contribution in [-0.2, 0) is 16.1 Å². The second kappa shape index (κ2) is 6.30. The highest BCUT2D eigenvalue weighted by Crippen LogP contribution is 2.26. The van der Waals surface area contributed by atoms with Crippen molar-refractivity contribution in [1.82, 2.24) is 9.55 Å². The fraction of sp³-hybridized carbons (Fsp3) is 0.385. The Morgan fingerprint density at radius 3 is 2.95 bits per heavy atom. The summed E-state index contributed by atoms with van der Waals surface area (Å²) < 4.78 is 6.98. The van der Waals surface area contributed by atoms with Gasteiger partial charge in [0.1, 0.15) is 0 Å². The molecule has 0 saturated carbocycles. The van der Waals surface area contributed by atoms with Crippen molar-refractivity contribution in [2.24, 2.45) is 0 Å². The van der Waals surface area contributed by atoms with Crippen LogP contribution >= 0.6 is 23.4 Å². The molecule has 0 radical (unpaired) electrons. The Morgan fingerprint density at radius 1 is 1.47 bits per heavy atom. The number of nitrogens with zero attached hydrogens (tertiary/aromatic N) is 2. The molecule has 0 spiro atoms. The zero-order valence-corrected chi connectivity index (χ0v) is 12.4. The Balaban J connectivity index is 2.24. The van der Waals surface area contributed by atoms with Gasteiger partial charge in [-0.2, -0.15) is 0 Å². The van der Waals surface area contributed by atoms with Crippen LogP contribution in [0.3, 0.4) is 0 Å². The minimum absolute atomic E-state index is 0.222. The van der Waals surface area contributed by atoms with Crippen molar-refractivity contribution >= 4 is 40.4 Å². The fourth-order valence-electron chi connectivity index (χ4n) is 1.82. The molecule has 19 heavy (non-hydrogen) atoms. The maximum absolute atomic E-state index is 11.4. The van der Waals surface area contributed by atoms with Crippen molar-refractivity contribution < 1.29 is 9.53 Å². The molecule has 1 heterocycles. The van der Waals surface area contributed by atoms with E-state index in [1.165, 1.54) is 11.8 Å². The molecule has 102 valence electrons. The standard InChI is InChI=1S/C13H15ClN2O2S/c1-3-16-11-6-5-9(14)7-10(11)15-13(16)19-8-12(17)18-4-2/h5-7H,3-4,8H2,1-2H3. The molecule has 0 saturated heterocycles. The second-order valence-corrected chi connectivity index (χ2v) is 5.24. The van der Waals surface area contributed by atoms with Crippen molar-refractivity contribution in [3.05, 3.63) is 23.2 Å². The summed E-state index contributed by atoms with van der Waals surface area (Å²) in [5, 5.41) is 1.48. The molecular weight excluding hydrogens is 284 g/mol. The fourth-order valence-corrected chi connectivity index (χ4v) is 2.87. The van der Waals surface area contributed by atoms with E-state index in [1.807, 2.05) is 25.1 Å². The van der Waals surface area contributed by atoms with Gasteiger partial charge in [0.05, 0.1) is 23.4 Å². The lowest BCUT2D eigenvalue weighted by Crippen LogP contribution is -2.07. The number of thioether (sulfide) groups is 1. The van der Waals surface area contributed by atoms with E-state index in [9.17, 15) is 4.79 Å². The lowest BCUT2D eigenvalue weighted by molar-refractivity contribution is -0.139. The van der Waals surface area contributed by atoms with Gasteiger partial charge in [-0.05, 0) is 32.0 Å². The molecule has 0 fully saturated rings. The minimum atomic E-state index is -0.222. The number of hydrogen-bond acceptors (Lipinski definition) is 4. The largest absolute Gasteiger partial charge is 0.465 e. The van der Waals surface area contributed by atoms with Gasteiger partial charge in [-0.3, -0.25) is 4.79 Å². The van der Waals surface area contributed by atoms with Gasteiger partial charge in [-0.1, -0.05) is 23.4 Å². The highest BCUT2D eigenvalue weighted by Gasteiger charge is 2.12. The Hall–Kier alpha value is -1.20. The SMILES string of the molecule is CCOC(=O)CSc1nc2cc(Cl)ccc2n1CC. The third kappa shape index (κ3) is 3.22. The highest BCUT2D eigenvalue weighted by atomic mass is 35.5. The summed E-state index contributed by atoms with van der Waals surface area (Å²) in [5.74, 6) is 0.0467. The number of carbonyl (C=O) groups excluding carboxylic acids is 1. The number of esters is 1. The topological polar surface area (TPSA) is 44.1 Å². The first-order valence-corrected chi connectivity index (χ1v) is 7.46. The zero-order valence-electron chi connectivity index (χ0n) is 10.9. The van der Waals surface area contributed by atoms with Gasteiger partial charge in [0, 0.05) is 11.6 Å². The van der Waals surface area contributed by atoms with Gasteiger partial charge >= 0.3 is 5.97 Å². The maximum Gasteiger partial charge on any atom is 0.316 e. The third-order valence-electron chi connectivity index (χ3n) is 2.62. The number of hydrogen-bond donors (Lipinski definition) is 0. The van der Waals surface area contributed by atoms with Crippen molar-refractivity contribution in [2.75, 3.05) is 12.4 Å². The number of imidazole rings is 1. The Bertz CT molecular complexity index is 598. The van der Waals surface area contributed by atoms with Crippen LogP contribution in [0.25, 0.3) is 11.0 Å². The second-order valence-electron chi connectivity index (χ2n) is 3.87. The van der Waals surface area contributed by atoms with Crippen LogP contribution in [0, 0.1) is 0 Å². The first kappa shape index (κ1) is 14.2. The van der Waals surface area contributed by atoms with E-state index >= 15 is 0 Å². The Kier molecular flexibility index (Phi) is 4.71. The average Bonchev–Trinajstić information content (AvgIpc) is 2.73. The van der Waals surface area contributed by atoms with Gasteiger partial charge in [0.15, 0.2) is 5.16 Å². The molecule has 0 aliphatic rings. The van der Waals surface area contributed by atoms with Crippen molar-refractivity contribution in [1.29, 1.82) is 0 Å². The lowest BCUT2D eigenvalue weighted by atomic mass is 10.3. The van der Waals surface area contributed by atoms with E-state index in [2.05, 4.69) is 9.55 Å². The molecular formula is C13H15ClN2O2S. The van der Waals surface area contributed by atoms with E-state index < -0.39 is 0 Å². The zero-order chi connectivity index (χ0) is 13.8. The summed E-state index contributed by atoms with van der Waals surface area (Å²) in [7, 11) is 0. The summed E-state index contributed by atoms with van der Waals surface area (Å²) in [6.07, 6.45) is 0. The highest BCUT2D eigenvalue weighted by molar-refractivity contribution is 7.99. The smallest absolute Gasteiger partial charge is 0.316 e. The van der Waals surface area contributed by atoms with Gasteiger partial charge < -0.3 is 9.30 Å². The maximum atomic E-state index is 11.4. The summed E-state index contributed by atoms with van der Waals surface area (Å²) in [6, 6.07) is 5.62. The number of carbonyl (C=O) groups is 1. The predicted octanol–water partition coefficient (Wildman–Crippen LogP) is 3.36. The van der Waals surface area contributed by atoms with E-state index in [4.69, 9.17) is 16.3 Å². The van der Waals surface area contributed by atoms with Crippen LogP contribution in [0.15, 0.2) is 23.4 Å². The molecule has 4 nitrogen and oxygen atoms in total. The number of aryl methyl sites for hydroxylation is 1. The van der Waals surface area contributed by atoms with E-state index in [0.717, 1.165) is 22.7 Å². The Labute approximate surface area is 121 Å². The number of fused-ring (bicyclic) bond motifs is 1. The monoisotopic (exact) mass is 298 g/mol. The quantitative estimate of drug-likeness (QED) is 0.627. The summed E-state index contributed by atoms with van der Waals surface area (Å²) in [6.45, 7) is 5.04. The Morgan fingerprint density at radius 2 is 2.26 bits per heavy atom. The van der Waals surface area contributed by atoms with E-state index in [0.29, 0.717) is 11.6 Å². The molecule has 1 aromatic heterocycles. The number of ether oxygens (including phenoxy) is 1. The van der Waals surface area contributed by atoms with Gasteiger partial charge in [-0.25, -0.2) is 4.98 Å². The summed E-state index contributed by atoms with van der Waals surface area (Å²) >= 11 is 7.35. The number of benzene rings is 1. The lowest BCUT2D eigenvalue weighted by Gasteiger charge is -2.05. The van der Waals surface area contributed by atoms with E-state index in [1.54, 1.807) is 6.92 Å². The van der Waals surface area contributed by atoms with Crippen molar-refractivity contribution in [2.45, 2.75) is 25.5 Å². The molecule has 0 amide bonds. The van der Waals surface area contributed by atoms with Gasteiger partial charge in [0.2, 0.25) is 0 Å². The van der Waals surface area contributed by atoms with Gasteiger partial charge in [0.25, 0.3) is 0 Å².